The molecule has 1 fully saturated rings. The SMILES string of the molecule is COc1ccc(Br)c(C2CCN2)c1. The van der Waals surface area contributed by atoms with E-state index in [2.05, 4.69) is 27.3 Å². The van der Waals surface area contributed by atoms with Gasteiger partial charge < -0.3 is 10.1 Å². The first-order chi connectivity index (χ1) is 6.31. The van der Waals surface area contributed by atoms with Gasteiger partial charge in [0.05, 0.1) is 7.11 Å². The fraction of sp³-hybridized carbons (Fsp3) is 0.400. The van der Waals surface area contributed by atoms with E-state index in [-0.39, 0.29) is 0 Å². The van der Waals surface area contributed by atoms with Crippen molar-refractivity contribution in [1.29, 1.82) is 0 Å². The summed E-state index contributed by atoms with van der Waals surface area (Å²) in [5.41, 5.74) is 1.30. The Morgan fingerprint density at radius 3 is 2.85 bits per heavy atom. The maximum absolute atomic E-state index is 5.18. The molecule has 0 aliphatic carbocycles. The van der Waals surface area contributed by atoms with E-state index in [4.69, 9.17) is 4.74 Å². The van der Waals surface area contributed by atoms with Crippen LogP contribution in [0.1, 0.15) is 18.0 Å². The molecule has 1 N–H and O–H groups in total. The monoisotopic (exact) mass is 241 g/mol. The molecule has 1 aromatic rings. The minimum atomic E-state index is 0.504. The van der Waals surface area contributed by atoms with Crippen LogP contribution in [0.3, 0.4) is 0 Å². The van der Waals surface area contributed by atoms with Gasteiger partial charge in [-0.2, -0.15) is 0 Å². The van der Waals surface area contributed by atoms with Crippen LogP contribution in [0.4, 0.5) is 0 Å². The summed E-state index contributed by atoms with van der Waals surface area (Å²) in [5.74, 6) is 0.923. The highest BCUT2D eigenvalue weighted by molar-refractivity contribution is 9.10. The fourth-order valence-corrected chi connectivity index (χ4v) is 1.99. The molecule has 0 spiro atoms. The van der Waals surface area contributed by atoms with Gasteiger partial charge in [0.25, 0.3) is 0 Å². The van der Waals surface area contributed by atoms with Gasteiger partial charge in [0.2, 0.25) is 0 Å². The smallest absolute Gasteiger partial charge is 0.119 e. The van der Waals surface area contributed by atoms with Gasteiger partial charge in [-0.05, 0) is 36.7 Å². The molecule has 1 heterocycles. The Morgan fingerprint density at radius 2 is 2.31 bits per heavy atom. The number of benzene rings is 1. The van der Waals surface area contributed by atoms with Crippen LogP contribution in [0.2, 0.25) is 0 Å². The van der Waals surface area contributed by atoms with Crippen molar-refractivity contribution in [2.75, 3.05) is 13.7 Å². The molecule has 1 atom stereocenters. The summed E-state index contributed by atoms with van der Waals surface area (Å²) in [6.45, 7) is 1.12. The third-order valence-electron chi connectivity index (χ3n) is 2.40. The van der Waals surface area contributed by atoms with Gasteiger partial charge in [0, 0.05) is 10.5 Å². The zero-order chi connectivity index (χ0) is 9.26. The molecular formula is C10H12BrNO. The van der Waals surface area contributed by atoms with Crippen LogP contribution < -0.4 is 10.1 Å². The van der Waals surface area contributed by atoms with Crippen molar-refractivity contribution in [3.63, 3.8) is 0 Å². The zero-order valence-electron chi connectivity index (χ0n) is 7.51. The molecule has 2 rings (SSSR count). The van der Waals surface area contributed by atoms with Gasteiger partial charge >= 0.3 is 0 Å². The molecule has 0 radical (unpaired) electrons. The Labute approximate surface area is 86.4 Å². The molecule has 0 saturated carbocycles. The van der Waals surface area contributed by atoms with Crippen LogP contribution in [-0.4, -0.2) is 13.7 Å². The molecule has 70 valence electrons. The number of nitrogens with one attached hydrogen (secondary N) is 1. The lowest BCUT2D eigenvalue weighted by Crippen LogP contribution is -2.35. The maximum Gasteiger partial charge on any atom is 0.119 e. The Bertz CT molecular complexity index is 310. The lowest BCUT2D eigenvalue weighted by Gasteiger charge is -2.29. The third-order valence-corrected chi connectivity index (χ3v) is 3.12. The molecule has 13 heavy (non-hydrogen) atoms. The molecule has 1 aliphatic rings. The molecule has 1 saturated heterocycles. The van der Waals surface area contributed by atoms with E-state index < -0.39 is 0 Å². The quantitative estimate of drug-likeness (QED) is 0.860. The number of ether oxygens (including phenoxy) is 1. The zero-order valence-corrected chi connectivity index (χ0v) is 9.10. The second-order valence-electron chi connectivity index (χ2n) is 3.18. The first-order valence-electron chi connectivity index (χ1n) is 4.38. The van der Waals surface area contributed by atoms with Crippen LogP contribution in [0.25, 0.3) is 0 Å². The van der Waals surface area contributed by atoms with Gasteiger partial charge in [-0.3, -0.25) is 0 Å². The van der Waals surface area contributed by atoms with Crippen LogP contribution in [0, 0.1) is 0 Å². The lowest BCUT2D eigenvalue weighted by atomic mass is 9.98. The summed E-state index contributed by atoms with van der Waals surface area (Å²) in [6.07, 6.45) is 1.21. The molecular weight excluding hydrogens is 230 g/mol. The van der Waals surface area contributed by atoms with Gasteiger partial charge in [-0.15, -0.1) is 0 Å². The Balaban J connectivity index is 2.30. The average molecular weight is 242 g/mol. The van der Waals surface area contributed by atoms with Gasteiger partial charge in [0.1, 0.15) is 5.75 Å². The minimum absolute atomic E-state index is 0.504. The summed E-state index contributed by atoms with van der Waals surface area (Å²) < 4.78 is 6.34. The molecule has 3 heteroatoms. The Morgan fingerprint density at radius 1 is 1.54 bits per heavy atom. The molecule has 2 nitrogen and oxygen atoms in total. The molecule has 0 aromatic heterocycles. The molecule has 1 aromatic carbocycles. The normalized spacial score (nSPS) is 20.9. The fourth-order valence-electron chi connectivity index (χ4n) is 1.47. The van der Waals surface area contributed by atoms with E-state index in [1.165, 1.54) is 12.0 Å². The van der Waals surface area contributed by atoms with E-state index >= 15 is 0 Å². The summed E-state index contributed by atoms with van der Waals surface area (Å²) >= 11 is 3.54. The van der Waals surface area contributed by atoms with Crippen LogP contribution in [0.5, 0.6) is 5.75 Å². The first-order valence-corrected chi connectivity index (χ1v) is 5.17. The maximum atomic E-state index is 5.18. The second-order valence-corrected chi connectivity index (χ2v) is 4.04. The summed E-state index contributed by atoms with van der Waals surface area (Å²) in [5, 5.41) is 3.37. The van der Waals surface area contributed by atoms with E-state index in [0.717, 1.165) is 16.8 Å². The number of halogens is 1. The van der Waals surface area contributed by atoms with Crippen molar-refractivity contribution < 1.29 is 4.74 Å². The standard InChI is InChI=1S/C10H12BrNO/c1-13-7-2-3-9(11)8(6-7)10-4-5-12-10/h2-3,6,10,12H,4-5H2,1H3. The van der Waals surface area contributed by atoms with Crippen molar-refractivity contribution in [2.24, 2.45) is 0 Å². The van der Waals surface area contributed by atoms with Gasteiger partial charge in [-0.1, -0.05) is 15.9 Å². The number of hydrogen-bond donors (Lipinski definition) is 1. The number of rotatable bonds is 2. The Hall–Kier alpha value is -0.540. The number of hydrogen-bond acceptors (Lipinski definition) is 2. The number of methoxy groups -OCH3 is 1. The summed E-state index contributed by atoms with van der Waals surface area (Å²) in [6, 6.07) is 6.59. The van der Waals surface area contributed by atoms with Crippen LogP contribution >= 0.6 is 15.9 Å². The van der Waals surface area contributed by atoms with Crippen molar-refractivity contribution in [3.8, 4) is 5.75 Å². The topological polar surface area (TPSA) is 21.3 Å². The summed E-state index contributed by atoms with van der Waals surface area (Å²) in [7, 11) is 1.70. The molecule has 1 unspecified atom stereocenters. The minimum Gasteiger partial charge on any atom is -0.497 e. The van der Waals surface area contributed by atoms with Gasteiger partial charge in [-0.25, -0.2) is 0 Å². The van der Waals surface area contributed by atoms with Crippen molar-refractivity contribution in [1.82, 2.24) is 5.32 Å². The molecule has 0 amide bonds. The van der Waals surface area contributed by atoms with E-state index in [1.54, 1.807) is 7.11 Å². The predicted octanol–water partition coefficient (Wildman–Crippen LogP) is 2.49. The second kappa shape index (κ2) is 3.68. The van der Waals surface area contributed by atoms with E-state index in [0.29, 0.717) is 6.04 Å². The third kappa shape index (κ3) is 1.71. The lowest BCUT2D eigenvalue weighted by molar-refractivity contribution is 0.376. The average Bonchev–Trinajstić information content (AvgIpc) is 2.06. The molecule has 0 bridgehead atoms. The largest absolute Gasteiger partial charge is 0.497 e. The van der Waals surface area contributed by atoms with Crippen molar-refractivity contribution in [3.05, 3.63) is 28.2 Å². The highest BCUT2D eigenvalue weighted by Gasteiger charge is 2.20. The summed E-state index contributed by atoms with van der Waals surface area (Å²) in [4.78, 5) is 0. The Kier molecular flexibility index (Phi) is 2.56. The van der Waals surface area contributed by atoms with Crippen molar-refractivity contribution in [2.45, 2.75) is 12.5 Å². The van der Waals surface area contributed by atoms with E-state index in [9.17, 15) is 0 Å². The first kappa shape index (κ1) is 9.03. The van der Waals surface area contributed by atoms with E-state index in [1.807, 2.05) is 12.1 Å². The predicted molar refractivity (Wildman–Crippen MR) is 56.1 cm³/mol. The highest BCUT2D eigenvalue weighted by Crippen LogP contribution is 2.32. The van der Waals surface area contributed by atoms with Crippen molar-refractivity contribution >= 4 is 15.9 Å². The van der Waals surface area contributed by atoms with Gasteiger partial charge in [0.15, 0.2) is 0 Å². The van der Waals surface area contributed by atoms with Crippen LogP contribution in [-0.2, 0) is 0 Å². The van der Waals surface area contributed by atoms with Crippen LogP contribution in [0.15, 0.2) is 22.7 Å². The highest BCUT2D eigenvalue weighted by atomic mass is 79.9. The molecule has 1 aliphatic heterocycles.